The van der Waals surface area contributed by atoms with Gasteiger partial charge in [0.15, 0.2) is 5.82 Å². The number of carbonyl (C=O) groups excluding carboxylic acids is 1. The van der Waals surface area contributed by atoms with Crippen LogP contribution in [-0.4, -0.2) is 41.3 Å². The van der Waals surface area contributed by atoms with E-state index >= 15 is 0 Å². The summed E-state index contributed by atoms with van der Waals surface area (Å²) in [6.07, 6.45) is 2.31. The number of methoxy groups -OCH3 is 1. The molecule has 1 aliphatic carbocycles. The molecule has 120 valence electrons. The maximum absolute atomic E-state index is 12.2. The molecule has 23 heavy (non-hydrogen) atoms. The molecule has 1 saturated carbocycles. The number of rotatable bonds is 4. The quantitative estimate of drug-likeness (QED) is 0.938. The number of nitrogens with one attached hydrogen (secondary N) is 1. The fraction of sp³-hybridized carbons (Fsp3) is 0.438. The highest BCUT2D eigenvalue weighted by Gasteiger charge is 2.37. The van der Waals surface area contributed by atoms with E-state index < -0.39 is 0 Å². The molecule has 0 unspecified atom stereocenters. The van der Waals surface area contributed by atoms with Gasteiger partial charge in [0.05, 0.1) is 13.0 Å². The second-order valence-corrected chi connectivity index (χ2v) is 6.03. The van der Waals surface area contributed by atoms with E-state index in [0.29, 0.717) is 24.9 Å². The van der Waals surface area contributed by atoms with Gasteiger partial charge in [-0.25, -0.2) is 4.79 Å². The zero-order valence-corrected chi connectivity index (χ0v) is 12.9. The number of nitrogens with zero attached hydrogens (tertiary/aromatic N) is 3. The average molecular weight is 314 g/mol. The van der Waals surface area contributed by atoms with Gasteiger partial charge in [0.25, 0.3) is 0 Å². The number of benzene rings is 1. The molecule has 2 heterocycles. The van der Waals surface area contributed by atoms with E-state index in [-0.39, 0.29) is 11.9 Å². The molecular weight excluding hydrogens is 296 g/mol. The zero-order chi connectivity index (χ0) is 15.8. The summed E-state index contributed by atoms with van der Waals surface area (Å²) in [5.74, 6) is 2.87. The Bertz CT molecular complexity index is 702. The highest BCUT2D eigenvalue weighted by atomic mass is 16.5. The van der Waals surface area contributed by atoms with E-state index in [2.05, 4.69) is 15.5 Å². The second-order valence-electron chi connectivity index (χ2n) is 6.03. The van der Waals surface area contributed by atoms with Crippen molar-refractivity contribution in [2.24, 2.45) is 0 Å². The molecule has 1 aromatic heterocycles. The second kappa shape index (κ2) is 5.57. The Morgan fingerprint density at radius 2 is 2.00 bits per heavy atom. The molecule has 0 spiro atoms. The lowest BCUT2D eigenvalue weighted by Crippen LogP contribution is -2.50. The number of urea groups is 1. The van der Waals surface area contributed by atoms with Crippen LogP contribution < -0.4 is 10.1 Å². The Morgan fingerprint density at radius 1 is 1.26 bits per heavy atom. The van der Waals surface area contributed by atoms with Gasteiger partial charge in [-0.3, -0.25) is 0 Å². The van der Waals surface area contributed by atoms with E-state index in [0.717, 1.165) is 30.1 Å². The predicted octanol–water partition coefficient (Wildman–Crippen LogP) is 2.59. The smallest absolute Gasteiger partial charge is 0.321 e. The van der Waals surface area contributed by atoms with Crippen LogP contribution in [0.15, 0.2) is 28.8 Å². The van der Waals surface area contributed by atoms with Gasteiger partial charge < -0.3 is 19.5 Å². The third kappa shape index (κ3) is 2.86. The standard InChI is InChI=1S/C16H18N4O3/c1-22-13-6-4-12(5-7-13)17-16(21)20-8-11(9-20)15-18-14(19-23-15)10-2-3-10/h4-7,10-11H,2-3,8-9H2,1H3,(H,17,21). The highest BCUT2D eigenvalue weighted by molar-refractivity contribution is 5.90. The lowest BCUT2D eigenvalue weighted by molar-refractivity contribution is 0.147. The Labute approximate surface area is 133 Å². The van der Waals surface area contributed by atoms with Crippen molar-refractivity contribution in [2.75, 3.05) is 25.5 Å². The van der Waals surface area contributed by atoms with Gasteiger partial charge in [-0.15, -0.1) is 0 Å². The van der Waals surface area contributed by atoms with Crippen LogP contribution in [0.3, 0.4) is 0 Å². The SMILES string of the molecule is COc1ccc(NC(=O)N2CC(c3nc(C4CC4)no3)C2)cc1. The first-order chi connectivity index (χ1) is 11.2. The molecule has 2 aliphatic rings. The molecular formula is C16H18N4O3. The van der Waals surface area contributed by atoms with Crippen LogP contribution >= 0.6 is 0 Å². The molecule has 0 radical (unpaired) electrons. The van der Waals surface area contributed by atoms with Crippen molar-refractivity contribution in [3.05, 3.63) is 36.0 Å². The van der Waals surface area contributed by atoms with Crippen LogP contribution in [-0.2, 0) is 0 Å². The molecule has 2 aromatic rings. The minimum absolute atomic E-state index is 0.117. The highest BCUT2D eigenvalue weighted by Crippen LogP contribution is 2.39. The Hall–Kier alpha value is -2.57. The lowest BCUT2D eigenvalue weighted by atomic mass is 10.0. The first-order valence-corrected chi connectivity index (χ1v) is 7.76. The van der Waals surface area contributed by atoms with E-state index in [9.17, 15) is 4.79 Å². The minimum atomic E-state index is -0.117. The van der Waals surface area contributed by atoms with Crippen molar-refractivity contribution < 1.29 is 14.1 Å². The van der Waals surface area contributed by atoms with Crippen molar-refractivity contribution in [1.82, 2.24) is 15.0 Å². The molecule has 2 amide bonds. The van der Waals surface area contributed by atoms with Gasteiger partial charge in [0.2, 0.25) is 5.89 Å². The van der Waals surface area contributed by atoms with Crippen molar-refractivity contribution >= 4 is 11.7 Å². The third-order valence-corrected chi connectivity index (χ3v) is 4.26. The van der Waals surface area contributed by atoms with E-state index in [4.69, 9.17) is 9.26 Å². The van der Waals surface area contributed by atoms with Crippen LogP contribution in [0, 0.1) is 0 Å². The summed E-state index contributed by atoms with van der Waals surface area (Å²) in [5, 5.41) is 6.88. The Kier molecular flexibility index (Phi) is 3.40. The van der Waals surface area contributed by atoms with Gasteiger partial charge in [-0.05, 0) is 37.1 Å². The van der Waals surface area contributed by atoms with Crippen LogP contribution in [0.1, 0.15) is 36.4 Å². The monoisotopic (exact) mass is 314 g/mol. The Morgan fingerprint density at radius 3 is 2.65 bits per heavy atom. The van der Waals surface area contributed by atoms with E-state index in [1.54, 1.807) is 12.0 Å². The van der Waals surface area contributed by atoms with E-state index in [1.807, 2.05) is 24.3 Å². The average Bonchev–Trinajstić information content (AvgIpc) is 3.26. The fourth-order valence-electron chi connectivity index (χ4n) is 2.60. The Balaban J connectivity index is 1.30. The summed E-state index contributed by atoms with van der Waals surface area (Å²) in [4.78, 5) is 18.3. The number of aromatic nitrogens is 2. The number of ether oxygens (including phenoxy) is 1. The summed E-state index contributed by atoms with van der Waals surface area (Å²) in [6, 6.07) is 7.13. The summed E-state index contributed by atoms with van der Waals surface area (Å²) >= 11 is 0. The molecule has 1 saturated heterocycles. The molecule has 7 heteroatoms. The molecule has 1 aliphatic heterocycles. The van der Waals surface area contributed by atoms with Gasteiger partial charge in [-0.2, -0.15) is 4.98 Å². The fourth-order valence-corrected chi connectivity index (χ4v) is 2.60. The lowest BCUT2D eigenvalue weighted by Gasteiger charge is -2.36. The van der Waals surface area contributed by atoms with Crippen molar-refractivity contribution in [2.45, 2.75) is 24.7 Å². The summed E-state index contributed by atoms with van der Waals surface area (Å²) in [6.45, 7) is 1.21. The normalized spacial score (nSPS) is 17.7. The van der Waals surface area contributed by atoms with Gasteiger partial charge in [0, 0.05) is 24.7 Å². The number of hydrogen-bond donors (Lipinski definition) is 1. The van der Waals surface area contributed by atoms with Crippen LogP contribution in [0.4, 0.5) is 10.5 Å². The number of amides is 2. The molecule has 0 bridgehead atoms. The van der Waals surface area contributed by atoms with Gasteiger partial charge in [0.1, 0.15) is 5.75 Å². The van der Waals surface area contributed by atoms with Gasteiger partial charge in [-0.1, -0.05) is 5.16 Å². The van der Waals surface area contributed by atoms with Crippen LogP contribution in [0.25, 0.3) is 0 Å². The molecule has 2 fully saturated rings. The van der Waals surface area contributed by atoms with E-state index in [1.165, 1.54) is 0 Å². The molecule has 0 atom stereocenters. The number of likely N-dealkylation sites (tertiary alicyclic amines) is 1. The predicted molar refractivity (Wildman–Crippen MR) is 82.6 cm³/mol. The summed E-state index contributed by atoms with van der Waals surface area (Å²) in [7, 11) is 1.61. The van der Waals surface area contributed by atoms with Gasteiger partial charge >= 0.3 is 6.03 Å². The van der Waals surface area contributed by atoms with Crippen LogP contribution in [0.2, 0.25) is 0 Å². The molecule has 1 aromatic carbocycles. The maximum atomic E-state index is 12.2. The molecule has 4 rings (SSSR count). The first kappa shape index (κ1) is 14.0. The summed E-state index contributed by atoms with van der Waals surface area (Å²) < 4.78 is 10.4. The molecule has 1 N–H and O–H groups in total. The number of hydrogen-bond acceptors (Lipinski definition) is 5. The largest absolute Gasteiger partial charge is 0.497 e. The van der Waals surface area contributed by atoms with Crippen molar-refractivity contribution in [1.29, 1.82) is 0 Å². The first-order valence-electron chi connectivity index (χ1n) is 7.76. The number of anilines is 1. The summed E-state index contributed by atoms with van der Waals surface area (Å²) in [5.41, 5.74) is 0.744. The number of carbonyl (C=O) groups is 1. The zero-order valence-electron chi connectivity index (χ0n) is 12.9. The third-order valence-electron chi connectivity index (χ3n) is 4.26. The molecule has 7 nitrogen and oxygen atoms in total. The minimum Gasteiger partial charge on any atom is -0.497 e. The van der Waals surface area contributed by atoms with Crippen LogP contribution in [0.5, 0.6) is 5.75 Å². The van der Waals surface area contributed by atoms with Crippen molar-refractivity contribution in [3.63, 3.8) is 0 Å². The maximum Gasteiger partial charge on any atom is 0.321 e. The topological polar surface area (TPSA) is 80.5 Å². The van der Waals surface area contributed by atoms with Crippen molar-refractivity contribution in [3.8, 4) is 5.75 Å².